The predicted molar refractivity (Wildman–Crippen MR) is 103 cm³/mol. The number of benzene rings is 1. The van der Waals surface area contributed by atoms with Crippen molar-refractivity contribution in [2.24, 2.45) is 0 Å². The molecule has 146 valence electrons. The molecular weight excluding hydrogens is 342 g/mol. The standard InChI is InChI=1S/C21H29N3O3/c1-17-4-6-18(7-5-17)20-12-19(27-22-20)13-24-10-11-26-16-21(25,15-24)14-23-8-2-3-9-23/h4-7,12,25H,2-3,8-11,13-16H2,1H3. The number of β-amino-alcohol motifs (C(OH)–C–C–N with tert-alkyl or cyclic N) is 1. The highest BCUT2D eigenvalue weighted by atomic mass is 16.5. The summed E-state index contributed by atoms with van der Waals surface area (Å²) in [6, 6.07) is 10.3. The van der Waals surface area contributed by atoms with Gasteiger partial charge in [-0.25, -0.2) is 0 Å². The van der Waals surface area contributed by atoms with Crippen LogP contribution < -0.4 is 0 Å². The van der Waals surface area contributed by atoms with Crippen LogP contribution >= 0.6 is 0 Å². The van der Waals surface area contributed by atoms with Crippen molar-refractivity contribution in [3.63, 3.8) is 0 Å². The molecule has 1 N–H and O–H groups in total. The van der Waals surface area contributed by atoms with Gasteiger partial charge in [-0.05, 0) is 32.9 Å². The summed E-state index contributed by atoms with van der Waals surface area (Å²) in [6.07, 6.45) is 2.45. The number of hydrogen-bond acceptors (Lipinski definition) is 6. The van der Waals surface area contributed by atoms with Gasteiger partial charge in [-0.15, -0.1) is 0 Å². The molecule has 6 nitrogen and oxygen atoms in total. The van der Waals surface area contributed by atoms with E-state index in [0.29, 0.717) is 32.8 Å². The molecule has 0 bridgehead atoms. The number of ether oxygens (including phenoxy) is 1. The molecule has 1 aromatic carbocycles. The lowest BCUT2D eigenvalue weighted by Crippen LogP contribution is -2.51. The zero-order valence-corrected chi connectivity index (χ0v) is 16.1. The molecule has 6 heteroatoms. The van der Waals surface area contributed by atoms with E-state index in [9.17, 15) is 5.11 Å². The molecule has 2 aliphatic heterocycles. The van der Waals surface area contributed by atoms with Crippen LogP contribution in [-0.4, -0.2) is 71.6 Å². The van der Waals surface area contributed by atoms with Crippen molar-refractivity contribution in [2.45, 2.75) is 31.9 Å². The molecule has 0 radical (unpaired) electrons. The molecule has 0 saturated carbocycles. The Morgan fingerprint density at radius 3 is 2.67 bits per heavy atom. The van der Waals surface area contributed by atoms with Gasteiger partial charge in [0.1, 0.15) is 11.3 Å². The van der Waals surface area contributed by atoms with Gasteiger partial charge < -0.3 is 19.3 Å². The highest BCUT2D eigenvalue weighted by molar-refractivity contribution is 5.59. The summed E-state index contributed by atoms with van der Waals surface area (Å²) in [5, 5.41) is 15.3. The summed E-state index contributed by atoms with van der Waals surface area (Å²) in [5.74, 6) is 0.816. The number of aryl methyl sites for hydroxylation is 1. The first-order chi connectivity index (χ1) is 13.1. The van der Waals surface area contributed by atoms with E-state index < -0.39 is 5.60 Å². The Kier molecular flexibility index (Phi) is 5.59. The molecule has 1 aromatic heterocycles. The smallest absolute Gasteiger partial charge is 0.151 e. The van der Waals surface area contributed by atoms with Crippen molar-refractivity contribution in [2.75, 3.05) is 45.9 Å². The van der Waals surface area contributed by atoms with Crippen molar-refractivity contribution < 1.29 is 14.4 Å². The predicted octanol–water partition coefficient (Wildman–Crippen LogP) is 2.31. The van der Waals surface area contributed by atoms with Crippen molar-refractivity contribution >= 4 is 0 Å². The fraction of sp³-hybridized carbons (Fsp3) is 0.571. The maximum Gasteiger partial charge on any atom is 0.151 e. The van der Waals surface area contributed by atoms with E-state index in [4.69, 9.17) is 9.26 Å². The van der Waals surface area contributed by atoms with E-state index in [1.165, 1.54) is 18.4 Å². The SMILES string of the molecule is Cc1ccc(-c2cc(CN3CCOCC(O)(CN4CCCC4)C3)on2)cc1. The summed E-state index contributed by atoms with van der Waals surface area (Å²) in [5.41, 5.74) is 2.30. The van der Waals surface area contributed by atoms with Crippen LogP contribution in [0.1, 0.15) is 24.2 Å². The lowest BCUT2D eigenvalue weighted by molar-refractivity contribution is -0.0552. The van der Waals surface area contributed by atoms with Crippen LogP contribution in [-0.2, 0) is 11.3 Å². The van der Waals surface area contributed by atoms with Gasteiger partial charge in [0.05, 0.1) is 19.8 Å². The number of rotatable bonds is 5. The van der Waals surface area contributed by atoms with Crippen LogP contribution in [0.3, 0.4) is 0 Å². The summed E-state index contributed by atoms with van der Waals surface area (Å²) in [4.78, 5) is 4.55. The van der Waals surface area contributed by atoms with E-state index >= 15 is 0 Å². The first kappa shape index (κ1) is 18.6. The zero-order valence-electron chi connectivity index (χ0n) is 16.1. The normalized spacial score (nSPS) is 25.0. The molecule has 2 aromatic rings. The van der Waals surface area contributed by atoms with Crippen LogP contribution in [0.5, 0.6) is 0 Å². The van der Waals surface area contributed by atoms with Crippen molar-refractivity contribution in [1.82, 2.24) is 15.0 Å². The third-order valence-electron chi connectivity index (χ3n) is 5.44. The Morgan fingerprint density at radius 2 is 1.89 bits per heavy atom. The van der Waals surface area contributed by atoms with E-state index in [1.54, 1.807) is 0 Å². The number of likely N-dealkylation sites (tertiary alicyclic amines) is 1. The fourth-order valence-corrected chi connectivity index (χ4v) is 4.05. The van der Waals surface area contributed by atoms with Crippen molar-refractivity contribution in [3.05, 3.63) is 41.7 Å². The largest absolute Gasteiger partial charge is 0.385 e. The molecule has 1 atom stereocenters. The molecule has 2 aliphatic rings. The lowest BCUT2D eigenvalue weighted by atomic mass is 10.0. The number of aromatic nitrogens is 1. The minimum absolute atomic E-state index is 0.394. The number of aliphatic hydroxyl groups is 1. The second-order valence-corrected chi connectivity index (χ2v) is 8.02. The van der Waals surface area contributed by atoms with Crippen LogP contribution in [0, 0.1) is 6.92 Å². The van der Waals surface area contributed by atoms with Crippen LogP contribution in [0.2, 0.25) is 0 Å². The van der Waals surface area contributed by atoms with E-state index in [0.717, 1.165) is 36.7 Å². The van der Waals surface area contributed by atoms with Crippen LogP contribution in [0.15, 0.2) is 34.9 Å². The minimum Gasteiger partial charge on any atom is -0.385 e. The highest BCUT2D eigenvalue weighted by Crippen LogP contribution is 2.22. The van der Waals surface area contributed by atoms with Gasteiger partial charge in [-0.2, -0.15) is 0 Å². The summed E-state index contributed by atoms with van der Waals surface area (Å²) >= 11 is 0. The minimum atomic E-state index is -0.833. The molecular formula is C21H29N3O3. The van der Waals surface area contributed by atoms with Gasteiger partial charge in [-0.3, -0.25) is 4.90 Å². The maximum absolute atomic E-state index is 11.1. The van der Waals surface area contributed by atoms with Crippen molar-refractivity contribution in [1.29, 1.82) is 0 Å². The molecule has 0 spiro atoms. The fourth-order valence-electron chi connectivity index (χ4n) is 4.05. The Hall–Kier alpha value is -1.73. The molecule has 1 unspecified atom stereocenters. The molecule has 2 fully saturated rings. The molecule has 27 heavy (non-hydrogen) atoms. The first-order valence-corrected chi connectivity index (χ1v) is 9.87. The van der Waals surface area contributed by atoms with Gasteiger partial charge in [0.2, 0.25) is 0 Å². The number of nitrogens with zero attached hydrogens (tertiary/aromatic N) is 3. The van der Waals surface area contributed by atoms with Gasteiger partial charge in [0, 0.05) is 31.3 Å². The Morgan fingerprint density at radius 1 is 1.11 bits per heavy atom. The van der Waals surface area contributed by atoms with E-state index in [1.807, 2.05) is 6.07 Å². The van der Waals surface area contributed by atoms with E-state index in [-0.39, 0.29) is 0 Å². The second kappa shape index (κ2) is 8.10. The summed E-state index contributed by atoms with van der Waals surface area (Å²) < 4.78 is 11.3. The average Bonchev–Trinajstić information content (AvgIpc) is 3.27. The van der Waals surface area contributed by atoms with E-state index in [2.05, 4.69) is 46.1 Å². The first-order valence-electron chi connectivity index (χ1n) is 9.87. The molecule has 0 aliphatic carbocycles. The quantitative estimate of drug-likeness (QED) is 0.870. The van der Waals surface area contributed by atoms with Crippen LogP contribution in [0.25, 0.3) is 11.3 Å². The second-order valence-electron chi connectivity index (χ2n) is 8.02. The van der Waals surface area contributed by atoms with Crippen molar-refractivity contribution in [3.8, 4) is 11.3 Å². The monoisotopic (exact) mass is 371 g/mol. The van der Waals surface area contributed by atoms with Gasteiger partial charge in [0.15, 0.2) is 5.76 Å². The van der Waals surface area contributed by atoms with Gasteiger partial charge in [0.25, 0.3) is 0 Å². The van der Waals surface area contributed by atoms with Crippen LogP contribution in [0.4, 0.5) is 0 Å². The molecule has 4 rings (SSSR count). The lowest BCUT2D eigenvalue weighted by Gasteiger charge is -2.33. The van der Waals surface area contributed by atoms with Gasteiger partial charge >= 0.3 is 0 Å². The molecule has 3 heterocycles. The van der Waals surface area contributed by atoms with Gasteiger partial charge in [-0.1, -0.05) is 35.0 Å². The maximum atomic E-state index is 11.1. The summed E-state index contributed by atoms with van der Waals surface area (Å²) in [7, 11) is 0. The Balaban J connectivity index is 1.41. The summed E-state index contributed by atoms with van der Waals surface area (Å²) in [6.45, 7) is 7.91. The molecule has 0 amide bonds. The molecule has 2 saturated heterocycles. The highest BCUT2D eigenvalue weighted by Gasteiger charge is 2.35. The topological polar surface area (TPSA) is 62.0 Å². The number of hydrogen-bond donors (Lipinski definition) is 1. The Bertz CT molecular complexity index is 739. The third kappa shape index (κ3) is 4.76. The third-order valence-corrected chi connectivity index (χ3v) is 5.44. The average molecular weight is 371 g/mol. The Labute approximate surface area is 160 Å². The zero-order chi connectivity index (χ0) is 18.7.